The molecule has 6 atom stereocenters. The molecule has 0 spiro atoms. The van der Waals surface area contributed by atoms with Crippen molar-refractivity contribution in [2.24, 2.45) is 11.8 Å². The third-order valence-corrected chi connectivity index (χ3v) is 6.38. The molecule has 7 fully saturated rings. The Morgan fingerprint density at radius 3 is 1.43 bits per heavy atom. The number of ether oxygens (including phenoxy) is 7. The normalized spacial score (nSPS) is 26.0. The van der Waals surface area contributed by atoms with Crippen LogP contribution in [0.15, 0.2) is 0 Å². The highest BCUT2D eigenvalue weighted by Crippen LogP contribution is 2.28. The highest BCUT2D eigenvalue weighted by molar-refractivity contribution is 5.77. The van der Waals surface area contributed by atoms with E-state index in [2.05, 4.69) is 4.74 Å². The minimum atomic E-state index is -0.218. The van der Waals surface area contributed by atoms with Crippen molar-refractivity contribution >= 4 is 23.9 Å². The molecule has 7 heterocycles. The summed E-state index contributed by atoms with van der Waals surface area (Å²) in [5.74, 6) is 0.0252. The lowest BCUT2D eigenvalue weighted by Gasteiger charge is -2.02. The number of hydrogen-bond acceptors (Lipinski definition) is 11. The number of esters is 4. The summed E-state index contributed by atoms with van der Waals surface area (Å²) in [6, 6.07) is 0. The highest BCUT2D eigenvalue weighted by atomic mass is 16.6. The average Bonchev–Trinajstić information content (AvgIpc) is 4.04. The summed E-state index contributed by atoms with van der Waals surface area (Å²) in [6.45, 7) is 35.9. The fourth-order valence-electron chi connectivity index (χ4n) is 4.50. The average molecular weight is 711 g/mol. The van der Waals surface area contributed by atoms with Crippen LogP contribution in [0.4, 0.5) is 0 Å². The van der Waals surface area contributed by atoms with E-state index in [1.54, 1.807) is 0 Å². The number of fused-ring (bicyclic) bond motifs is 3. The molecule has 11 heteroatoms. The molecule has 0 aromatic heterocycles. The zero-order valence-corrected chi connectivity index (χ0v) is 34.4. The zero-order chi connectivity index (χ0) is 39.2. The Morgan fingerprint density at radius 1 is 0.469 bits per heavy atom. The predicted molar refractivity (Wildman–Crippen MR) is 197 cm³/mol. The fraction of sp³-hybridized carbons (Fsp3) is 0.895. The maximum Gasteiger partial charge on any atom is 0.335 e. The molecule has 7 saturated heterocycles. The smallest absolute Gasteiger partial charge is 0.335 e. The summed E-state index contributed by atoms with van der Waals surface area (Å²) in [7, 11) is 0. The van der Waals surface area contributed by atoms with E-state index in [4.69, 9.17) is 28.4 Å². The van der Waals surface area contributed by atoms with E-state index in [1.165, 1.54) is 0 Å². The molecule has 0 saturated carbocycles. The molecule has 0 bridgehead atoms. The number of hydrogen-bond donors (Lipinski definition) is 0. The molecule has 49 heavy (non-hydrogen) atoms. The summed E-state index contributed by atoms with van der Waals surface area (Å²) in [6.07, 6.45) is 4.75. The minimum Gasteiger partial charge on any atom is -0.466 e. The van der Waals surface area contributed by atoms with Crippen molar-refractivity contribution in [2.45, 2.75) is 174 Å². The van der Waals surface area contributed by atoms with Gasteiger partial charge in [0.1, 0.15) is 24.9 Å². The van der Waals surface area contributed by atoms with Crippen LogP contribution in [0.2, 0.25) is 0 Å². The van der Waals surface area contributed by atoms with Gasteiger partial charge in [-0.15, -0.1) is 0 Å². The van der Waals surface area contributed by atoms with Crippen LogP contribution >= 0.6 is 0 Å². The molecule has 296 valence electrons. The molecule has 0 amide bonds. The molecule has 7 rings (SSSR count). The first kappa shape index (κ1) is 56.1. The molecule has 0 N–H and O–H groups in total. The van der Waals surface area contributed by atoms with Crippen molar-refractivity contribution in [3.63, 3.8) is 0 Å². The van der Waals surface area contributed by atoms with Gasteiger partial charge >= 0.3 is 23.9 Å². The van der Waals surface area contributed by atoms with Crippen LogP contribution in [0.25, 0.3) is 0 Å². The zero-order valence-electron chi connectivity index (χ0n) is 34.4. The lowest BCUT2D eigenvalue weighted by molar-refractivity contribution is -0.146. The third kappa shape index (κ3) is 23.7. The van der Waals surface area contributed by atoms with Crippen LogP contribution in [0.1, 0.15) is 149 Å². The fourth-order valence-corrected chi connectivity index (χ4v) is 4.50. The maximum atomic E-state index is 10.8. The Kier molecular flexibility index (Phi) is 48.0. The summed E-state index contributed by atoms with van der Waals surface area (Å²) < 4.78 is 34.5. The van der Waals surface area contributed by atoms with E-state index in [1.807, 2.05) is 111 Å². The van der Waals surface area contributed by atoms with E-state index in [0.717, 1.165) is 45.5 Å². The van der Waals surface area contributed by atoms with Gasteiger partial charge in [-0.25, -0.2) is 4.79 Å². The summed E-state index contributed by atoms with van der Waals surface area (Å²) in [4.78, 5) is 42.0. The second-order valence-electron chi connectivity index (χ2n) is 8.66. The van der Waals surface area contributed by atoms with Gasteiger partial charge in [-0.3, -0.25) is 14.4 Å². The van der Waals surface area contributed by atoms with E-state index < -0.39 is 0 Å². The van der Waals surface area contributed by atoms with Crippen molar-refractivity contribution in [2.75, 3.05) is 39.6 Å². The number of carbonyl (C=O) groups is 4. The molecule has 0 aromatic rings. The Balaban J connectivity index is -0.000000155. The van der Waals surface area contributed by atoms with Crippen LogP contribution < -0.4 is 0 Å². The number of rotatable bonds is 0. The molecule has 7 aliphatic heterocycles. The number of cyclic esters (lactones) is 3. The first-order chi connectivity index (χ1) is 24.0. The topological polar surface area (TPSA) is 133 Å². The lowest BCUT2D eigenvalue weighted by atomic mass is 10.1. The van der Waals surface area contributed by atoms with Gasteiger partial charge in [-0.1, -0.05) is 111 Å². The van der Waals surface area contributed by atoms with Gasteiger partial charge in [0.25, 0.3) is 0 Å². The van der Waals surface area contributed by atoms with E-state index in [-0.39, 0.29) is 54.2 Å². The predicted octanol–water partition coefficient (Wildman–Crippen LogP) is 8.52. The molecule has 0 radical (unpaired) electrons. The van der Waals surface area contributed by atoms with Crippen molar-refractivity contribution in [3.8, 4) is 0 Å². The monoisotopic (exact) mass is 711 g/mol. The van der Waals surface area contributed by atoms with Gasteiger partial charge in [0, 0.05) is 32.0 Å². The van der Waals surface area contributed by atoms with Gasteiger partial charge in [0.15, 0.2) is 6.10 Å². The molecule has 6 unspecified atom stereocenters. The van der Waals surface area contributed by atoms with Gasteiger partial charge < -0.3 is 33.2 Å². The summed E-state index contributed by atoms with van der Waals surface area (Å²) in [5.41, 5.74) is 0. The van der Waals surface area contributed by atoms with Crippen molar-refractivity contribution < 1.29 is 52.3 Å². The van der Waals surface area contributed by atoms with E-state index in [9.17, 15) is 19.2 Å². The van der Waals surface area contributed by atoms with E-state index >= 15 is 0 Å². The van der Waals surface area contributed by atoms with Crippen LogP contribution in [0, 0.1) is 11.8 Å². The quantitative estimate of drug-likeness (QED) is 0.177. The Hall–Kier alpha value is -2.24. The molecule has 0 aromatic carbocycles. The Labute approximate surface area is 301 Å². The third-order valence-electron chi connectivity index (χ3n) is 6.38. The van der Waals surface area contributed by atoms with Crippen molar-refractivity contribution in [3.05, 3.63) is 0 Å². The first-order valence-electron chi connectivity index (χ1n) is 19.5. The minimum absolute atomic E-state index is 0.0463. The van der Waals surface area contributed by atoms with Crippen LogP contribution in [0.3, 0.4) is 0 Å². The summed E-state index contributed by atoms with van der Waals surface area (Å²) in [5, 5.41) is 0. The lowest BCUT2D eigenvalue weighted by Crippen LogP contribution is -2.17. The van der Waals surface area contributed by atoms with Gasteiger partial charge in [-0.05, 0) is 19.3 Å². The molecule has 11 nitrogen and oxygen atoms in total. The molecule has 0 aliphatic carbocycles. The Morgan fingerprint density at radius 2 is 0.980 bits per heavy atom. The van der Waals surface area contributed by atoms with Crippen LogP contribution in [-0.4, -0.2) is 87.9 Å². The first-order valence-corrected chi connectivity index (χ1v) is 19.5. The SMILES string of the molecule is CC.CC.CC.CC.CC.CC.CC.CC.O=C1CC2OCCC2O1.O=C1CCCO1.O=C1OCC2CCOC12.O=C1OCC2OCCC12. The second kappa shape index (κ2) is 41.9. The molecular weight excluding hydrogens is 632 g/mol. The van der Waals surface area contributed by atoms with E-state index in [0.29, 0.717) is 38.6 Å². The van der Waals surface area contributed by atoms with Crippen molar-refractivity contribution in [1.82, 2.24) is 0 Å². The second-order valence-corrected chi connectivity index (χ2v) is 8.66. The van der Waals surface area contributed by atoms with Gasteiger partial charge in [-0.2, -0.15) is 0 Å². The largest absolute Gasteiger partial charge is 0.466 e. The van der Waals surface area contributed by atoms with Crippen molar-refractivity contribution in [1.29, 1.82) is 0 Å². The van der Waals surface area contributed by atoms with Gasteiger partial charge in [0.2, 0.25) is 0 Å². The standard InChI is InChI=1S/3C6H8O3.C4H6O2.8C2H6/c7-6-4-1-2-8-5(4)3-9-6;7-6-3-5-4(9-6)1-2-8-5;7-6-5-4(3-9-6)1-2-8-5;5-4-2-1-3-6-4;8*1-2/h3*4-5H,1-3H2;1-3H2;8*1-2H3. The Bertz CT molecular complexity index is 689. The van der Waals surface area contributed by atoms with Crippen LogP contribution in [-0.2, 0) is 52.3 Å². The maximum absolute atomic E-state index is 10.8. The van der Waals surface area contributed by atoms with Crippen LogP contribution in [0.5, 0.6) is 0 Å². The molecular formula is C38H78O11. The van der Waals surface area contributed by atoms with Gasteiger partial charge in [0.05, 0.1) is 32.2 Å². The summed E-state index contributed by atoms with van der Waals surface area (Å²) >= 11 is 0. The highest BCUT2D eigenvalue weighted by Gasteiger charge is 2.42. The number of carbonyl (C=O) groups excluding carboxylic acids is 4. The molecule has 7 aliphatic rings.